The van der Waals surface area contributed by atoms with E-state index in [2.05, 4.69) is 32.4 Å². The number of hydrogen-bond donors (Lipinski definition) is 3. The highest BCUT2D eigenvalue weighted by molar-refractivity contribution is 7.90. The van der Waals surface area contributed by atoms with Crippen molar-refractivity contribution in [3.63, 3.8) is 0 Å². The molecule has 0 unspecified atom stereocenters. The Morgan fingerprint density at radius 1 is 0.977 bits per heavy atom. The Balaban J connectivity index is 1.08. The molecule has 0 saturated heterocycles. The van der Waals surface area contributed by atoms with Crippen molar-refractivity contribution in [2.45, 2.75) is 103 Å². The number of carbonyl (C=O) groups is 1. The highest BCUT2D eigenvalue weighted by atomic mass is 32.2. The van der Waals surface area contributed by atoms with Crippen LogP contribution in [-0.2, 0) is 14.8 Å². The Labute approximate surface area is 263 Å². The predicted octanol–water partition coefficient (Wildman–Crippen LogP) is 6.91. The Morgan fingerprint density at radius 2 is 1.68 bits per heavy atom. The van der Waals surface area contributed by atoms with Crippen molar-refractivity contribution in [2.24, 2.45) is 52.3 Å². The summed E-state index contributed by atoms with van der Waals surface area (Å²) in [6.07, 6.45) is 7.39. The molecule has 0 spiro atoms. The second kappa shape index (κ2) is 11.9. The number of carbonyl (C=O) groups excluding carboxylic acids is 1. The fourth-order valence-electron chi connectivity index (χ4n) is 11.0. The number of aliphatic hydroxyl groups is 2. The quantitative estimate of drug-likeness (QED) is 0.308. The molecule has 4 saturated carbocycles. The van der Waals surface area contributed by atoms with Crippen LogP contribution in [0.1, 0.15) is 85.5 Å². The van der Waals surface area contributed by atoms with E-state index in [1.54, 1.807) is 12.1 Å². The van der Waals surface area contributed by atoms with E-state index in [0.717, 1.165) is 62.1 Å². The van der Waals surface area contributed by atoms with Crippen LogP contribution < -0.4 is 4.72 Å². The van der Waals surface area contributed by atoms with Crippen molar-refractivity contribution >= 4 is 26.9 Å². The number of nitrogens with one attached hydrogen (secondary N) is 1. The van der Waals surface area contributed by atoms with E-state index >= 15 is 0 Å². The zero-order valence-electron chi connectivity index (χ0n) is 26.7. The molecular formula is C36H51NO6S. The Hall–Kier alpha value is -2.16. The van der Waals surface area contributed by atoms with E-state index in [1.807, 2.05) is 24.3 Å². The van der Waals surface area contributed by atoms with Crippen LogP contribution in [-0.4, -0.2) is 43.5 Å². The molecule has 44 heavy (non-hydrogen) atoms. The first-order chi connectivity index (χ1) is 20.9. The minimum absolute atomic E-state index is 0.0295. The molecule has 4 aliphatic carbocycles. The lowest BCUT2D eigenvalue weighted by Crippen LogP contribution is -2.62. The van der Waals surface area contributed by atoms with Crippen molar-refractivity contribution < 1.29 is 28.2 Å². The maximum atomic E-state index is 12.9. The van der Waals surface area contributed by atoms with E-state index in [1.165, 1.54) is 6.07 Å². The molecule has 0 heterocycles. The molecule has 7 nitrogen and oxygen atoms in total. The topological polar surface area (TPSA) is 113 Å². The molecule has 3 N–H and O–H groups in total. The second-order valence-electron chi connectivity index (χ2n) is 15.1. The molecule has 8 heteroatoms. The van der Waals surface area contributed by atoms with Crippen molar-refractivity contribution in [1.29, 1.82) is 0 Å². The standard InChI is InChI=1S/C36H51NO6S/c1-5-27-31-21-25(38)14-17-36(31,4)30-15-18-35(3)28(12-13-29(35)32(30)33(27)39)22(2)16-19-43-34(40)37-44(41,42)26-11-10-23-8-6-7-9-24(23)20-26/h6-11,20,22,25,27-33,38-39H,5,12-19,21H2,1-4H3,(H,37,40)/t22-,25-,27-,28-,29+,30+,31+,32+,33-,35-,36-/m1/s1. The van der Waals surface area contributed by atoms with E-state index in [9.17, 15) is 23.4 Å². The summed E-state index contributed by atoms with van der Waals surface area (Å²) in [6, 6.07) is 12.3. The minimum Gasteiger partial charge on any atom is -0.449 e. The van der Waals surface area contributed by atoms with Crippen LogP contribution >= 0.6 is 0 Å². The monoisotopic (exact) mass is 625 g/mol. The van der Waals surface area contributed by atoms with Gasteiger partial charge in [-0.3, -0.25) is 0 Å². The molecular weight excluding hydrogens is 574 g/mol. The van der Waals surface area contributed by atoms with Crippen LogP contribution in [0.25, 0.3) is 10.8 Å². The third kappa shape index (κ3) is 5.37. The number of sulfonamides is 1. The van der Waals surface area contributed by atoms with Crippen LogP contribution in [0.3, 0.4) is 0 Å². The maximum Gasteiger partial charge on any atom is 0.421 e. The summed E-state index contributed by atoms with van der Waals surface area (Å²) in [4.78, 5) is 12.6. The highest BCUT2D eigenvalue weighted by Gasteiger charge is 2.64. The van der Waals surface area contributed by atoms with Gasteiger partial charge >= 0.3 is 6.09 Å². The SMILES string of the molecule is CC[C@H]1[C@@H](O)[C@@H]2[C@H](CC[C@]3(C)[C@@H]([C@H](C)CCOC(=O)NS(=O)(=O)c4ccc5ccccc5c4)CC[C@@H]23)[C@@]2(C)CC[C@@H](O)C[C@@H]12. The van der Waals surface area contributed by atoms with Gasteiger partial charge in [-0.25, -0.2) is 17.9 Å². The van der Waals surface area contributed by atoms with Crippen LogP contribution in [0, 0.1) is 52.3 Å². The van der Waals surface area contributed by atoms with Gasteiger partial charge in [-0.15, -0.1) is 0 Å². The van der Waals surface area contributed by atoms with Crippen molar-refractivity contribution in [3.8, 4) is 0 Å². The summed E-state index contributed by atoms with van der Waals surface area (Å²) in [5.41, 5.74) is 0.308. The lowest BCUT2D eigenvalue weighted by Gasteiger charge is -2.64. The number of hydrogen-bond acceptors (Lipinski definition) is 6. The molecule has 1 amide bonds. The number of fused-ring (bicyclic) bond motifs is 6. The molecule has 4 fully saturated rings. The van der Waals surface area contributed by atoms with Crippen molar-refractivity contribution in [2.75, 3.05) is 6.61 Å². The molecule has 0 aromatic heterocycles. The fraction of sp³-hybridized carbons (Fsp3) is 0.694. The normalized spacial score (nSPS) is 39.1. The van der Waals surface area contributed by atoms with Crippen LogP contribution in [0.15, 0.2) is 47.4 Å². The summed E-state index contributed by atoms with van der Waals surface area (Å²) in [6.45, 7) is 9.52. The molecule has 0 aliphatic heterocycles. The van der Waals surface area contributed by atoms with Gasteiger partial charge in [0.1, 0.15) is 0 Å². The van der Waals surface area contributed by atoms with E-state index in [-0.39, 0.29) is 40.5 Å². The molecule has 242 valence electrons. The number of benzene rings is 2. The number of ether oxygens (including phenoxy) is 1. The Kier molecular flexibility index (Phi) is 8.59. The fourth-order valence-corrected chi connectivity index (χ4v) is 11.9. The van der Waals surface area contributed by atoms with Gasteiger partial charge in [-0.1, -0.05) is 64.4 Å². The van der Waals surface area contributed by atoms with Crippen LogP contribution in [0.4, 0.5) is 4.79 Å². The lowest BCUT2D eigenvalue weighted by atomic mass is 9.41. The zero-order chi connectivity index (χ0) is 31.4. The smallest absolute Gasteiger partial charge is 0.421 e. The average Bonchev–Trinajstić information content (AvgIpc) is 3.35. The van der Waals surface area contributed by atoms with E-state index < -0.39 is 16.1 Å². The first-order valence-electron chi connectivity index (χ1n) is 16.9. The summed E-state index contributed by atoms with van der Waals surface area (Å²) in [5.74, 6) is 2.68. The molecule has 0 bridgehead atoms. The second-order valence-corrected chi connectivity index (χ2v) is 16.8. The molecule has 4 aliphatic rings. The predicted molar refractivity (Wildman–Crippen MR) is 171 cm³/mol. The van der Waals surface area contributed by atoms with E-state index in [0.29, 0.717) is 41.9 Å². The van der Waals surface area contributed by atoms with Gasteiger partial charge in [-0.05, 0) is 127 Å². The summed E-state index contributed by atoms with van der Waals surface area (Å²) < 4.78 is 33.2. The van der Waals surface area contributed by atoms with Gasteiger partial charge in [0.25, 0.3) is 10.0 Å². The molecule has 2 aromatic rings. The van der Waals surface area contributed by atoms with E-state index in [4.69, 9.17) is 4.74 Å². The molecule has 0 radical (unpaired) electrons. The first kappa shape index (κ1) is 31.8. The Morgan fingerprint density at radius 3 is 2.43 bits per heavy atom. The van der Waals surface area contributed by atoms with Crippen molar-refractivity contribution in [3.05, 3.63) is 42.5 Å². The van der Waals surface area contributed by atoms with Crippen molar-refractivity contribution in [1.82, 2.24) is 4.72 Å². The van der Waals surface area contributed by atoms with Crippen LogP contribution in [0.2, 0.25) is 0 Å². The zero-order valence-corrected chi connectivity index (χ0v) is 27.6. The summed E-state index contributed by atoms with van der Waals surface area (Å²) >= 11 is 0. The largest absolute Gasteiger partial charge is 0.449 e. The van der Waals surface area contributed by atoms with Gasteiger partial charge in [0.05, 0.1) is 23.7 Å². The van der Waals surface area contributed by atoms with Gasteiger partial charge < -0.3 is 14.9 Å². The average molecular weight is 626 g/mol. The number of aliphatic hydroxyl groups excluding tert-OH is 2. The van der Waals surface area contributed by atoms with Crippen LogP contribution in [0.5, 0.6) is 0 Å². The molecule has 2 aromatic carbocycles. The maximum absolute atomic E-state index is 12.9. The highest BCUT2D eigenvalue weighted by Crippen LogP contribution is 2.69. The molecule has 6 rings (SSSR count). The Bertz CT molecular complexity index is 1480. The number of amides is 1. The minimum atomic E-state index is -4.05. The molecule has 11 atom stereocenters. The van der Waals surface area contributed by atoms with Gasteiger partial charge in [0.15, 0.2) is 0 Å². The summed E-state index contributed by atoms with van der Waals surface area (Å²) in [7, 11) is -4.05. The third-order valence-electron chi connectivity index (χ3n) is 13.2. The van der Waals surface area contributed by atoms with Gasteiger partial charge in [0.2, 0.25) is 0 Å². The van der Waals surface area contributed by atoms with Gasteiger partial charge in [-0.2, -0.15) is 0 Å². The number of rotatable bonds is 7. The summed E-state index contributed by atoms with van der Waals surface area (Å²) in [5, 5.41) is 24.2. The first-order valence-corrected chi connectivity index (χ1v) is 18.4. The van der Waals surface area contributed by atoms with Gasteiger partial charge in [0, 0.05) is 0 Å². The third-order valence-corrected chi connectivity index (χ3v) is 14.5. The lowest BCUT2D eigenvalue weighted by molar-refractivity contribution is -0.203.